The van der Waals surface area contributed by atoms with Gasteiger partial charge in [-0.3, -0.25) is 4.79 Å². The van der Waals surface area contributed by atoms with Gasteiger partial charge in [-0.15, -0.1) is 0 Å². The van der Waals surface area contributed by atoms with Gasteiger partial charge in [-0.25, -0.2) is 0 Å². The van der Waals surface area contributed by atoms with Crippen molar-refractivity contribution in [2.75, 3.05) is 0 Å². The summed E-state index contributed by atoms with van der Waals surface area (Å²) in [6, 6.07) is 0. The van der Waals surface area contributed by atoms with Gasteiger partial charge in [0.25, 0.3) is 0 Å². The first-order chi connectivity index (χ1) is 7.79. The predicted molar refractivity (Wildman–Crippen MR) is 65.5 cm³/mol. The molecule has 0 atom stereocenters. The fourth-order valence-corrected chi connectivity index (χ4v) is 2.41. The van der Waals surface area contributed by atoms with Gasteiger partial charge in [-0.05, 0) is 19.3 Å². The second-order valence-electron chi connectivity index (χ2n) is 4.33. The van der Waals surface area contributed by atoms with Gasteiger partial charge in [-0.1, -0.05) is 38.8 Å². The summed E-state index contributed by atoms with van der Waals surface area (Å²) in [6.45, 7) is 4.29. The highest BCUT2D eigenvalue weighted by Gasteiger charge is 2.32. The van der Waals surface area contributed by atoms with Crippen LogP contribution >= 0.6 is 0 Å². The quantitative estimate of drug-likeness (QED) is 0.718. The van der Waals surface area contributed by atoms with Crippen molar-refractivity contribution in [3.8, 4) is 0 Å². The third kappa shape index (κ3) is 1.73. The van der Waals surface area contributed by atoms with Crippen molar-refractivity contribution in [1.29, 1.82) is 0 Å². The number of carbonyl (C=O) groups excluding carboxylic acids is 1. The minimum absolute atomic E-state index is 0.259. The number of ketones is 1. The van der Waals surface area contributed by atoms with E-state index in [9.17, 15) is 4.79 Å². The summed E-state index contributed by atoms with van der Waals surface area (Å²) in [4.78, 5) is 14.3. The van der Waals surface area contributed by atoms with E-state index in [1.54, 1.807) is 0 Å². The number of rotatable bonds is 4. The third-order valence-corrected chi connectivity index (χ3v) is 3.09. The summed E-state index contributed by atoms with van der Waals surface area (Å²) < 4.78 is 0. The summed E-state index contributed by atoms with van der Waals surface area (Å²) in [5.74, 6) is 0.259. The molecular formula is C14H19NO. The van der Waals surface area contributed by atoms with Gasteiger partial charge in [-0.2, -0.15) is 0 Å². The van der Waals surface area contributed by atoms with Gasteiger partial charge in [0, 0.05) is 17.5 Å². The zero-order valence-electron chi connectivity index (χ0n) is 10.1. The molecule has 2 aliphatic heterocycles. The maximum absolute atomic E-state index is 12.2. The van der Waals surface area contributed by atoms with Crippen LogP contribution in [0.25, 0.3) is 0 Å². The van der Waals surface area contributed by atoms with Crippen LogP contribution in [-0.2, 0) is 4.79 Å². The summed E-state index contributed by atoms with van der Waals surface area (Å²) in [6.07, 6.45) is 11.1. The van der Waals surface area contributed by atoms with Crippen molar-refractivity contribution in [2.24, 2.45) is 0 Å². The molecule has 0 saturated heterocycles. The Morgan fingerprint density at radius 1 is 1.25 bits per heavy atom. The number of Topliss-reactive ketones (excluding diaryl/α,β-unsaturated/α-hetero) is 1. The van der Waals surface area contributed by atoms with Crippen LogP contribution in [-0.4, -0.2) is 10.7 Å². The van der Waals surface area contributed by atoms with Gasteiger partial charge in [0.2, 0.25) is 5.78 Å². The van der Waals surface area contributed by atoms with Crippen molar-refractivity contribution in [2.45, 2.75) is 46.0 Å². The smallest absolute Gasteiger partial charge is 0.207 e. The van der Waals surface area contributed by atoms with Crippen molar-refractivity contribution in [3.63, 3.8) is 0 Å². The van der Waals surface area contributed by atoms with E-state index in [0.717, 1.165) is 43.4 Å². The van der Waals surface area contributed by atoms with Crippen LogP contribution in [0.5, 0.6) is 0 Å². The molecule has 2 rings (SSSR count). The number of nitrogens with zero attached hydrogens (tertiary/aromatic N) is 1. The molecular weight excluding hydrogens is 198 g/mol. The second-order valence-corrected chi connectivity index (χ2v) is 4.33. The van der Waals surface area contributed by atoms with Crippen molar-refractivity contribution in [1.82, 2.24) is 4.90 Å². The number of carbonyl (C=O) groups is 1. The molecule has 2 heteroatoms. The van der Waals surface area contributed by atoms with Crippen LogP contribution in [0.3, 0.4) is 0 Å². The molecule has 0 aliphatic carbocycles. The van der Waals surface area contributed by atoms with Gasteiger partial charge in [0.1, 0.15) is 0 Å². The topological polar surface area (TPSA) is 20.3 Å². The molecule has 0 aromatic carbocycles. The van der Waals surface area contributed by atoms with E-state index in [4.69, 9.17) is 0 Å². The van der Waals surface area contributed by atoms with Gasteiger partial charge in [0.15, 0.2) is 0 Å². The first-order valence-electron chi connectivity index (χ1n) is 6.22. The second kappa shape index (κ2) is 4.69. The van der Waals surface area contributed by atoms with E-state index >= 15 is 0 Å². The first-order valence-corrected chi connectivity index (χ1v) is 6.22. The van der Waals surface area contributed by atoms with Crippen molar-refractivity contribution in [3.05, 3.63) is 35.3 Å². The van der Waals surface area contributed by atoms with Crippen LogP contribution in [0.1, 0.15) is 46.0 Å². The number of hydrogen-bond acceptors (Lipinski definition) is 2. The standard InChI is InChI=1S/C14H19NO/c1-3-7-11-12(8-4-2)15-10-6-5-9-13(15)14(11)16/h6,9-10H,3-5,7-8H2,1-2H3. The molecule has 16 heavy (non-hydrogen) atoms. The Hall–Kier alpha value is -1.31. The van der Waals surface area contributed by atoms with Gasteiger partial charge >= 0.3 is 0 Å². The van der Waals surface area contributed by atoms with Crippen LogP contribution < -0.4 is 0 Å². The van der Waals surface area contributed by atoms with Crippen molar-refractivity contribution < 1.29 is 4.79 Å². The Kier molecular flexibility index (Phi) is 3.28. The molecule has 0 amide bonds. The zero-order valence-corrected chi connectivity index (χ0v) is 10.1. The van der Waals surface area contributed by atoms with Crippen LogP contribution in [0.15, 0.2) is 35.3 Å². The molecule has 0 radical (unpaired) electrons. The number of hydrogen-bond donors (Lipinski definition) is 0. The van der Waals surface area contributed by atoms with E-state index in [1.807, 2.05) is 6.08 Å². The van der Waals surface area contributed by atoms with Gasteiger partial charge in [0.05, 0.1) is 5.70 Å². The van der Waals surface area contributed by atoms with E-state index in [2.05, 4.69) is 31.0 Å². The average Bonchev–Trinajstić information content (AvgIpc) is 2.57. The van der Waals surface area contributed by atoms with Crippen LogP contribution in [0, 0.1) is 0 Å². The minimum atomic E-state index is 0.259. The van der Waals surface area contributed by atoms with E-state index in [1.165, 1.54) is 5.70 Å². The Bertz CT molecular complexity index is 388. The summed E-state index contributed by atoms with van der Waals surface area (Å²) >= 11 is 0. The summed E-state index contributed by atoms with van der Waals surface area (Å²) in [5.41, 5.74) is 3.16. The average molecular weight is 217 g/mol. The maximum atomic E-state index is 12.2. The number of fused-ring (bicyclic) bond motifs is 1. The fourth-order valence-electron chi connectivity index (χ4n) is 2.41. The van der Waals surface area contributed by atoms with E-state index in [0.29, 0.717) is 0 Å². The highest BCUT2D eigenvalue weighted by molar-refractivity contribution is 6.11. The molecule has 0 aromatic heterocycles. The molecule has 0 unspecified atom stereocenters. The zero-order chi connectivity index (χ0) is 11.5. The minimum Gasteiger partial charge on any atom is -0.318 e. The molecule has 0 aromatic rings. The first kappa shape index (κ1) is 11.2. The maximum Gasteiger partial charge on any atom is 0.207 e. The Balaban J connectivity index is 2.36. The van der Waals surface area contributed by atoms with Crippen LogP contribution in [0.2, 0.25) is 0 Å². The van der Waals surface area contributed by atoms with E-state index < -0.39 is 0 Å². The molecule has 0 N–H and O–H groups in total. The molecule has 0 spiro atoms. The van der Waals surface area contributed by atoms with Crippen molar-refractivity contribution >= 4 is 5.78 Å². The fraction of sp³-hybridized carbons (Fsp3) is 0.500. The SMILES string of the molecule is CCCC1=C(CCC)N2C=CCC=C2C1=O. The Morgan fingerprint density at radius 3 is 2.69 bits per heavy atom. The normalized spacial score (nSPS) is 19.2. The summed E-state index contributed by atoms with van der Waals surface area (Å²) in [7, 11) is 0. The molecule has 0 fully saturated rings. The lowest BCUT2D eigenvalue weighted by Crippen LogP contribution is -2.15. The molecule has 2 heterocycles. The monoisotopic (exact) mass is 217 g/mol. The predicted octanol–water partition coefficient (Wildman–Crippen LogP) is 3.53. The Morgan fingerprint density at radius 2 is 2.00 bits per heavy atom. The highest BCUT2D eigenvalue weighted by atomic mass is 16.1. The number of allylic oxidation sites excluding steroid dienone is 4. The highest BCUT2D eigenvalue weighted by Crippen LogP contribution is 2.35. The van der Waals surface area contributed by atoms with E-state index in [-0.39, 0.29) is 5.78 Å². The lowest BCUT2D eigenvalue weighted by Gasteiger charge is -2.21. The lowest BCUT2D eigenvalue weighted by molar-refractivity contribution is -0.112. The van der Waals surface area contributed by atoms with Gasteiger partial charge < -0.3 is 4.90 Å². The lowest BCUT2D eigenvalue weighted by atomic mass is 10.0. The molecule has 86 valence electrons. The molecule has 2 aliphatic rings. The largest absolute Gasteiger partial charge is 0.318 e. The molecule has 0 bridgehead atoms. The molecule has 2 nitrogen and oxygen atoms in total. The summed E-state index contributed by atoms with van der Waals surface area (Å²) in [5, 5.41) is 0. The third-order valence-electron chi connectivity index (χ3n) is 3.09. The Labute approximate surface area is 97.3 Å². The molecule has 0 saturated carbocycles. The van der Waals surface area contributed by atoms with Crippen LogP contribution in [0.4, 0.5) is 0 Å².